The first-order valence-electron chi connectivity index (χ1n) is 10.3. The number of hydrazone groups is 1. The first kappa shape index (κ1) is 24.0. The van der Waals surface area contributed by atoms with Crippen molar-refractivity contribution < 1.29 is 4.79 Å². The molecule has 3 rings (SSSR count). The van der Waals surface area contributed by atoms with Crippen molar-refractivity contribution in [2.75, 3.05) is 7.05 Å². The molecule has 0 spiro atoms. The van der Waals surface area contributed by atoms with Crippen molar-refractivity contribution in [3.63, 3.8) is 0 Å². The van der Waals surface area contributed by atoms with Crippen molar-refractivity contribution in [2.45, 2.75) is 13.0 Å². The molecule has 0 saturated heterocycles. The zero-order valence-electron chi connectivity index (χ0n) is 17.8. The first-order chi connectivity index (χ1) is 15.5. The van der Waals surface area contributed by atoms with Crippen LogP contribution in [0.15, 0.2) is 105 Å². The van der Waals surface area contributed by atoms with E-state index in [-0.39, 0.29) is 11.8 Å². The van der Waals surface area contributed by atoms with E-state index in [1.54, 1.807) is 7.05 Å². The normalized spacial score (nSPS) is 12.5. The van der Waals surface area contributed by atoms with Gasteiger partial charge in [0.1, 0.15) is 0 Å². The van der Waals surface area contributed by atoms with Gasteiger partial charge in [0.05, 0.1) is 18.2 Å². The quantitative estimate of drug-likeness (QED) is 0.257. The minimum atomic E-state index is -0.312. The van der Waals surface area contributed by atoms with Gasteiger partial charge in [-0.3, -0.25) is 4.79 Å². The lowest BCUT2D eigenvalue weighted by Crippen LogP contribution is -2.27. The summed E-state index contributed by atoms with van der Waals surface area (Å²) in [6.07, 6.45) is 4.44. The maximum absolute atomic E-state index is 12.5. The van der Waals surface area contributed by atoms with Crippen LogP contribution in [0.1, 0.15) is 16.7 Å². The Morgan fingerprint density at radius 1 is 0.938 bits per heavy atom. The first-order valence-corrected chi connectivity index (χ1v) is 11.9. The number of nitrogens with one attached hydrogen (secondary N) is 2. The summed E-state index contributed by atoms with van der Waals surface area (Å²) >= 11 is 7.00. The molecule has 1 atom stereocenters. The van der Waals surface area contributed by atoms with Gasteiger partial charge >= 0.3 is 0 Å². The average Bonchev–Trinajstić information content (AvgIpc) is 2.80. The standard InChI is InChI=1S/C26H25Br2N3O/c1-29-26(32)22(15-19-7-5-11-23(27)16-19)13-14-25(21-9-3-2-4-10-21)31-30-18-20-8-6-12-24(28)17-20/h2-14,16-17,22,30H,15,18H2,1H3,(H,29,32)/b14-13+,31-25+. The molecule has 0 aromatic heterocycles. The van der Waals surface area contributed by atoms with E-state index in [4.69, 9.17) is 0 Å². The highest BCUT2D eigenvalue weighted by Crippen LogP contribution is 2.17. The fourth-order valence-electron chi connectivity index (χ4n) is 3.23. The van der Waals surface area contributed by atoms with Gasteiger partial charge < -0.3 is 10.7 Å². The van der Waals surface area contributed by atoms with Crippen molar-refractivity contribution in [1.29, 1.82) is 0 Å². The van der Waals surface area contributed by atoms with E-state index in [0.717, 1.165) is 31.3 Å². The lowest BCUT2D eigenvalue weighted by Gasteiger charge is -2.12. The summed E-state index contributed by atoms with van der Waals surface area (Å²) in [6.45, 7) is 0.598. The summed E-state index contributed by atoms with van der Waals surface area (Å²) in [4.78, 5) is 12.5. The summed E-state index contributed by atoms with van der Waals surface area (Å²) in [6, 6.07) is 26.1. The van der Waals surface area contributed by atoms with Crippen LogP contribution >= 0.6 is 31.9 Å². The smallest absolute Gasteiger partial charge is 0.227 e. The van der Waals surface area contributed by atoms with Gasteiger partial charge in [-0.15, -0.1) is 0 Å². The summed E-state index contributed by atoms with van der Waals surface area (Å²) in [5, 5.41) is 7.39. The molecule has 1 amide bonds. The minimum Gasteiger partial charge on any atom is -0.359 e. The molecule has 3 aromatic carbocycles. The van der Waals surface area contributed by atoms with E-state index in [9.17, 15) is 4.79 Å². The number of hydrogen-bond acceptors (Lipinski definition) is 3. The molecule has 0 bridgehead atoms. The summed E-state index contributed by atoms with van der Waals surface area (Å²) in [5.74, 6) is -0.343. The van der Waals surface area contributed by atoms with Gasteiger partial charge in [-0.2, -0.15) is 5.10 Å². The zero-order valence-corrected chi connectivity index (χ0v) is 20.9. The Kier molecular flexibility index (Phi) is 9.26. The second-order valence-electron chi connectivity index (χ2n) is 7.24. The summed E-state index contributed by atoms with van der Waals surface area (Å²) in [5.41, 5.74) is 7.11. The number of halogens is 2. The van der Waals surface area contributed by atoms with E-state index in [1.165, 1.54) is 0 Å². The molecule has 4 nitrogen and oxygen atoms in total. The molecule has 0 aliphatic heterocycles. The number of nitrogens with zero attached hydrogens (tertiary/aromatic N) is 1. The van der Waals surface area contributed by atoms with Crippen molar-refractivity contribution in [2.24, 2.45) is 11.0 Å². The Morgan fingerprint density at radius 3 is 2.25 bits per heavy atom. The molecule has 0 heterocycles. The summed E-state index contributed by atoms with van der Waals surface area (Å²) in [7, 11) is 1.66. The molecule has 3 aromatic rings. The van der Waals surface area contributed by atoms with Crippen LogP contribution in [0.25, 0.3) is 0 Å². The van der Waals surface area contributed by atoms with E-state index in [1.807, 2.05) is 84.9 Å². The molecule has 0 fully saturated rings. The number of carbonyl (C=O) groups excluding carboxylic acids is 1. The van der Waals surface area contributed by atoms with E-state index >= 15 is 0 Å². The molecule has 164 valence electrons. The fourth-order valence-corrected chi connectivity index (χ4v) is 4.12. The van der Waals surface area contributed by atoms with Gasteiger partial charge in [-0.1, -0.05) is 92.5 Å². The zero-order chi connectivity index (χ0) is 22.8. The summed E-state index contributed by atoms with van der Waals surface area (Å²) < 4.78 is 2.03. The van der Waals surface area contributed by atoms with Crippen LogP contribution in [0, 0.1) is 5.92 Å². The van der Waals surface area contributed by atoms with Crippen LogP contribution in [0.3, 0.4) is 0 Å². The van der Waals surface area contributed by atoms with E-state index in [0.29, 0.717) is 13.0 Å². The molecule has 1 unspecified atom stereocenters. The third kappa shape index (κ3) is 7.46. The maximum atomic E-state index is 12.5. The number of hydrogen-bond donors (Lipinski definition) is 2. The lowest BCUT2D eigenvalue weighted by molar-refractivity contribution is -0.123. The fraction of sp³-hybridized carbons (Fsp3) is 0.154. The molecule has 0 radical (unpaired) electrons. The highest BCUT2D eigenvalue weighted by Gasteiger charge is 2.15. The Labute approximate surface area is 206 Å². The molecular formula is C26H25Br2N3O. The van der Waals surface area contributed by atoms with Gasteiger partial charge in [0, 0.05) is 21.6 Å². The molecule has 2 N–H and O–H groups in total. The van der Waals surface area contributed by atoms with Crippen molar-refractivity contribution in [3.05, 3.63) is 117 Å². The SMILES string of the molecule is CNC(=O)C(/C=C/C(=N\NCc1cccc(Br)c1)c1ccccc1)Cc1cccc(Br)c1. The van der Waals surface area contributed by atoms with Crippen LogP contribution in [0.5, 0.6) is 0 Å². The number of rotatable bonds is 9. The molecule has 0 aliphatic rings. The Bertz CT molecular complexity index is 1100. The lowest BCUT2D eigenvalue weighted by atomic mass is 9.97. The third-order valence-electron chi connectivity index (χ3n) is 4.86. The van der Waals surface area contributed by atoms with Crippen LogP contribution in [-0.2, 0) is 17.8 Å². The minimum absolute atomic E-state index is 0.0317. The Balaban J connectivity index is 1.81. The van der Waals surface area contributed by atoms with Crippen LogP contribution in [-0.4, -0.2) is 18.7 Å². The maximum Gasteiger partial charge on any atom is 0.227 e. The highest BCUT2D eigenvalue weighted by molar-refractivity contribution is 9.10. The van der Waals surface area contributed by atoms with E-state index < -0.39 is 0 Å². The number of carbonyl (C=O) groups is 1. The molecule has 0 saturated carbocycles. The Morgan fingerprint density at radius 2 is 1.59 bits per heavy atom. The average molecular weight is 555 g/mol. The second kappa shape index (κ2) is 12.4. The number of amides is 1. The molecule has 6 heteroatoms. The van der Waals surface area contributed by atoms with Crippen molar-refractivity contribution in [3.8, 4) is 0 Å². The van der Waals surface area contributed by atoms with Gasteiger partial charge in [0.2, 0.25) is 5.91 Å². The topological polar surface area (TPSA) is 53.5 Å². The Hall–Kier alpha value is -2.70. The van der Waals surface area contributed by atoms with Gasteiger partial charge in [0.15, 0.2) is 0 Å². The number of benzene rings is 3. The molecule has 0 aliphatic carbocycles. The van der Waals surface area contributed by atoms with Gasteiger partial charge in [-0.25, -0.2) is 0 Å². The van der Waals surface area contributed by atoms with Crippen LogP contribution in [0.2, 0.25) is 0 Å². The monoisotopic (exact) mass is 553 g/mol. The number of allylic oxidation sites excluding steroid dienone is 1. The van der Waals surface area contributed by atoms with Crippen LogP contribution in [0.4, 0.5) is 0 Å². The third-order valence-corrected chi connectivity index (χ3v) is 5.84. The predicted octanol–water partition coefficient (Wildman–Crippen LogP) is 5.87. The van der Waals surface area contributed by atoms with Gasteiger partial charge in [0.25, 0.3) is 0 Å². The van der Waals surface area contributed by atoms with Crippen molar-refractivity contribution >= 4 is 43.5 Å². The second-order valence-corrected chi connectivity index (χ2v) is 9.07. The van der Waals surface area contributed by atoms with Crippen LogP contribution < -0.4 is 10.7 Å². The highest BCUT2D eigenvalue weighted by atomic mass is 79.9. The van der Waals surface area contributed by atoms with Crippen molar-refractivity contribution in [1.82, 2.24) is 10.7 Å². The van der Waals surface area contributed by atoms with E-state index in [2.05, 4.69) is 53.8 Å². The molecular weight excluding hydrogens is 530 g/mol. The predicted molar refractivity (Wildman–Crippen MR) is 139 cm³/mol. The van der Waals surface area contributed by atoms with Gasteiger partial charge in [-0.05, 0) is 47.9 Å². The largest absolute Gasteiger partial charge is 0.359 e. The molecule has 32 heavy (non-hydrogen) atoms.